The number of anilines is 1. The Labute approximate surface area is 234 Å². The highest BCUT2D eigenvalue weighted by molar-refractivity contribution is 7.99. The molecule has 0 aliphatic heterocycles. The first-order valence-corrected chi connectivity index (χ1v) is 13.3. The Balaban J connectivity index is 0.000000810. The van der Waals surface area contributed by atoms with Gasteiger partial charge in [0.1, 0.15) is 11.4 Å². The second kappa shape index (κ2) is 12.6. The summed E-state index contributed by atoms with van der Waals surface area (Å²) >= 11 is 1.04. The van der Waals surface area contributed by atoms with Gasteiger partial charge in [0, 0.05) is 28.2 Å². The van der Waals surface area contributed by atoms with Crippen molar-refractivity contribution in [3.63, 3.8) is 0 Å². The van der Waals surface area contributed by atoms with Gasteiger partial charge < -0.3 is 10.6 Å². The zero-order valence-corrected chi connectivity index (χ0v) is 24.1. The fourth-order valence-electron chi connectivity index (χ4n) is 3.93. The number of nitrogens with two attached hydrogens (primary N) is 1. The highest BCUT2D eigenvalue weighted by Gasteiger charge is 2.22. The van der Waals surface area contributed by atoms with Crippen LogP contribution in [0, 0.1) is 0 Å². The van der Waals surface area contributed by atoms with Crippen molar-refractivity contribution in [2.24, 2.45) is 14.1 Å². The lowest BCUT2D eigenvalue weighted by molar-refractivity contribution is -0.115. The molecular weight excluding hydrogens is 532 g/mol. The molecule has 2 heterocycles. The Morgan fingerprint density at radius 3 is 2.23 bits per heavy atom. The molecule has 0 unspecified atom stereocenters. The predicted octanol–water partition coefficient (Wildman–Crippen LogP) is 2.17. The van der Waals surface area contributed by atoms with Crippen molar-refractivity contribution in [1.82, 2.24) is 23.6 Å². The topological polar surface area (TPSA) is 142 Å². The van der Waals surface area contributed by atoms with E-state index in [1.807, 2.05) is 38.1 Å². The molecule has 2 aromatic carbocycles. The minimum absolute atomic E-state index is 0.137. The number of rotatable bonds is 7. The van der Waals surface area contributed by atoms with Gasteiger partial charge in [0.15, 0.2) is 10.9 Å². The largest absolute Gasteiger partial charge is 0.384 e. The van der Waals surface area contributed by atoms with Crippen LogP contribution in [-0.4, -0.2) is 55.6 Å². The van der Waals surface area contributed by atoms with E-state index < -0.39 is 17.0 Å². The number of nitrogens with zero attached hydrogens (tertiary/aromatic N) is 5. The SMILES string of the molecule is CC(C)c1ccccc1-n1c(SCC(=O)c2c(N)n(C)c(=O)n(C)c2=O)nc2ccccc2c1=O.CN(C)C=O. The number of nitrogen functional groups attached to an aromatic ring is 1. The standard InChI is InChI=1S/C25H25N5O4S.C3H7NO/c1-14(2)15-9-6-8-12-18(15)30-22(32)16-10-5-7-11-17(16)27-24(30)35-13-19(31)20-21(26)28(3)25(34)29(4)23(20)33;1-4(2)3-5/h5-12,14H,13,26H2,1-4H3;3H,1-2H3. The van der Waals surface area contributed by atoms with E-state index in [1.165, 1.54) is 23.6 Å². The summed E-state index contributed by atoms with van der Waals surface area (Å²) in [6.45, 7) is 4.07. The number of fused-ring (bicyclic) bond motifs is 1. The summed E-state index contributed by atoms with van der Waals surface area (Å²) in [6, 6.07) is 14.6. The number of carbonyl (C=O) groups excluding carboxylic acids is 2. The smallest absolute Gasteiger partial charge is 0.332 e. The van der Waals surface area contributed by atoms with Crippen LogP contribution in [0.25, 0.3) is 16.6 Å². The molecule has 0 saturated heterocycles. The van der Waals surface area contributed by atoms with Crippen molar-refractivity contribution in [2.45, 2.75) is 24.9 Å². The number of para-hydroxylation sites is 2. The van der Waals surface area contributed by atoms with Gasteiger partial charge in [0.05, 0.1) is 22.3 Å². The third-order valence-electron chi connectivity index (χ3n) is 6.08. The number of thioether (sulfide) groups is 1. The summed E-state index contributed by atoms with van der Waals surface area (Å²) in [5, 5.41) is 0.772. The van der Waals surface area contributed by atoms with Crippen molar-refractivity contribution in [3.05, 3.63) is 90.8 Å². The Morgan fingerprint density at radius 1 is 1.00 bits per heavy atom. The normalized spacial score (nSPS) is 10.8. The molecule has 11 nitrogen and oxygen atoms in total. The molecule has 4 aromatic rings. The predicted molar refractivity (Wildman–Crippen MR) is 158 cm³/mol. The van der Waals surface area contributed by atoms with Crippen molar-refractivity contribution in [2.75, 3.05) is 25.6 Å². The third kappa shape index (κ3) is 6.07. The van der Waals surface area contributed by atoms with Crippen LogP contribution in [0.5, 0.6) is 0 Å². The number of benzene rings is 2. The minimum atomic E-state index is -0.759. The Hall–Kier alpha value is -4.45. The van der Waals surface area contributed by atoms with Crippen LogP contribution in [0.3, 0.4) is 0 Å². The monoisotopic (exact) mass is 564 g/mol. The number of hydrogen-bond donors (Lipinski definition) is 1. The average molecular weight is 565 g/mol. The average Bonchev–Trinajstić information content (AvgIpc) is 2.94. The maximum Gasteiger partial charge on any atom is 0.332 e. The summed E-state index contributed by atoms with van der Waals surface area (Å²) < 4.78 is 3.41. The molecule has 0 fully saturated rings. The molecule has 0 bridgehead atoms. The molecule has 0 radical (unpaired) electrons. The molecule has 0 spiro atoms. The van der Waals surface area contributed by atoms with E-state index in [0.29, 0.717) is 21.7 Å². The fraction of sp³-hybridized carbons (Fsp3) is 0.286. The van der Waals surface area contributed by atoms with Gasteiger partial charge in [-0.25, -0.2) is 9.78 Å². The lowest BCUT2D eigenvalue weighted by atomic mass is 10.0. The minimum Gasteiger partial charge on any atom is -0.384 e. The molecular formula is C28H32N6O5S. The summed E-state index contributed by atoms with van der Waals surface area (Å²) in [5.74, 6) is -0.822. The van der Waals surface area contributed by atoms with E-state index in [4.69, 9.17) is 5.73 Å². The van der Waals surface area contributed by atoms with E-state index in [1.54, 1.807) is 38.4 Å². The van der Waals surface area contributed by atoms with Crippen LogP contribution < -0.4 is 22.5 Å². The molecule has 1 amide bonds. The number of amides is 1. The van der Waals surface area contributed by atoms with Gasteiger partial charge in [-0.2, -0.15) is 0 Å². The molecule has 0 saturated carbocycles. The van der Waals surface area contributed by atoms with Crippen LogP contribution in [0.15, 0.2) is 68.1 Å². The molecule has 0 aliphatic rings. The Bertz CT molecular complexity index is 1750. The highest BCUT2D eigenvalue weighted by atomic mass is 32.2. The number of aromatic nitrogens is 4. The summed E-state index contributed by atoms with van der Waals surface area (Å²) in [5.41, 5.74) is 6.19. The third-order valence-corrected chi connectivity index (χ3v) is 7.02. The van der Waals surface area contributed by atoms with Crippen LogP contribution in [0.1, 0.15) is 35.7 Å². The van der Waals surface area contributed by atoms with Crippen LogP contribution in [0.4, 0.5) is 5.82 Å². The maximum absolute atomic E-state index is 13.6. The Kier molecular flexibility index (Phi) is 9.48. The maximum atomic E-state index is 13.6. The second-order valence-corrected chi connectivity index (χ2v) is 10.5. The molecule has 0 atom stereocenters. The summed E-state index contributed by atoms with van der Waals surface area (Å²) in [4.78, 5) is 67.0. The van der Waals surface area contributed by atoms with Gasteiger partial charge >= 0.3 is 5.69 Å². The molecule has 12 heteroatoms. The number of hydrogen-bond acceptors (Lipinski definition) is 8. The first-order chi connectivity index (χ1) is 18.9. The zero-order chi connectivity index (χ0) is 29.7. The fourth-order valence-corrected chi connectivity index (χ4v) is 4.80. The molecule has 40 heavy (non-hydrogen) atoms. The lowest BCUT2D eigenvalue weighted by Crippen LogP contribution is -2.41. The van der Waals surface area contributed by atoms with Gasteiger partial charge in [-0.1, -0.05) is 55.9 Å². The quantitative estimate of drug-likeness (QED) is 0.156. The first kappa shape index (κ1) is 30.1. The van der Waals surface area contributed by atoms with E-state index in [9.17, 15) is 24.0 Å². The summed E-state index contributed by atoms with van der Waals surface area (Å²) in [6.07, 6.45) is 0.750. The van der Waals surface area contributed by atoms with Crippen LogP contribution >= 0.6 is 11.8 Å². The van der Waals surface area contributed by atoms with Crippen molar-refractivity contribution >= 4 is 40.7 Å². The van der Waals surface area contributed by atoms with Crippen LogP contribution in [-0.2, 0) is 18.9 Å². The molecule has 210 valence electrons. The molecule has 4 rings (SSSR count). The summed E-state index contributed by atoms with van der Waals surface area (Å²) in [7, 11) is 6.06. The molecule has 0 aliphatic carbocycles. The van der Waals surface area contributed by atoms with Gasteiger partial charge in [0.25, 0.3) is 11.1 Å². The number of ketones is 1. The zero-order valence-electron chi connectivity index (χ0n) is 23.2. The van der Waals surface area contributed by atoms with E-state index in [-0.39, 0.29) is 28.6 Å². The first-order valence-electron chi connectivity index (χ1n) is 12.3. The molecule has 2 N–H and O–H groups in total. The van der Waals surface area contributed by atoms with Crippen molar-refractivity contribution in [1.29, 1.82) is 0 Å². The van der Waals surface area contributed by atoms with Crippen molar-refractivity contribution < 1.29 is 9.59 Å². The molecule has 2 aromatic heterocycles. The number of Topliss-reactive ketones (excluding diaryl/α,β-unsaturated/α-hetero) is 1. The van der Waals surface area contributed by atoms with Gasteiger partial charge in [-0.05, 0) is 29.7 Å². The second-order valence-electron chi connectivity index (χ2n) is 9.51. The van der Waals surface area contributed by atoms with E-state index in [2.05, 4.69) is 4.98 Å². The highest BCUT2D eigenvalue weighted by Crippen LogP contribution is 2.27. The van der Waals surface area contributed by atoms with Crippen molar-refractivity contribution in [3.8, 4) is 5.69 Å². The Morgan fingerprint density at radius 2 is 1.60 bits per heavy atom. The lowest BCUT2D eigenvalue weighted by Gasteiger charge is -2.18. The number of carbonyl (C=O) groups is 2. The van der Waals surface area contributed by atoms with E-state index >= 15 is 0 Å². The van der Waals surface area contributed by atoms with Gasteiger partial charge in [-0.15, -0.1) is 0 Å². The van der Waals surface area contributed by atoms with E-state index in [0.717, 1.165) is 32.9 Å². The van der Waals surface area contributed by atoms with Gasteiger partial charge in [0.2, 0.25) is 6.41 Å². The van der Waals surface area contributed by atoms with Gasteiger partial charge in [-0.3, -0.25) is 32.9 Å². The van der Waals surface area contributed by atoms with Crippen LogP contribution in [0.2, 0.25) is 0 Å².